The van der Waals surface area contributed by atoms with Crippen LogP contribution in [0.3, 0.4) is 0 Å². The lowest BCUT2D eigenvalue weighted by Gasteiger charge is -1.74. The summed E-state index contributed by atoms with van der Waals surface area (Å²) in [4.78, 5) is 0. The number of rotatable bonds is 0. The lowest BCUT2D eigenvalue weighted by Crippen LogP contribution is -1.85. The van der Waals surface area contributed by atoms with Gasteiger partial charge < -0.3 is 0 Å². The molecular formula is C10H25N3. The molecule has 0 bridgehead atoms. The summed E-state index contributed by atoms with van der Waals surface area (Å²) in [5.74, 6) is 0. The molecule has 0 unspecified atom stereocenters. The molecule has 0 aliphatic carbocycles. The van der Waals surface area contributed by atoms with E-state index < -0.39 is 0 Å². The van der Waals surface area contributed by atoms with Crippen LogP contribution in [0.1, 0.15) is 48.0 Å². The molecule has 0 radical (unpaired) electrons. The molecule has 0 saturated heterocycles. The molecule has 0 N–H and O–H groups in total. The van der Waals surface area contributed by atoms with Crippen molar-refractivity contribution in [1.29, 1.82) is 0 Å². The average molecular weight is 187 g/mol. The van der Waals surface area contributed by atoms with Gasteiger partial charge in [-0.05, 0) is 0 Å². The predicted molar refractivity (Wildman–Crippen MR) is 59.7 cm³/mol. The summed E-state index contributed by atoms with van der Waals surface area (Å²) >= 11 is 0. The molecule has 0 aromatic carbocycles. The van der Waals surface area contributed by atoms with Gasteiger partial charge in [-0.2, -0.15) is 0 Å². The first-order valence-corrected chi connectivity index (χ1v) is 5.11. The average Bonchev–Trinajstić information content (AvgIpc) is 2.64. The highest BCUT2D eigenvalue weighted by Crippen LogP contribution is 1.66. The van der Waals surface area contributed by atoms with Crippen LogP contribution >= 0.6 is 0 Å². The van der Waals surface area contributed by atoms with Gasteiger partial charge in [-0.25, -0.2) is 0 Å². The standard InChI is InChI=1S/C3H5N3.C3H8.2C2H6/c1-6-3-2-4-5-6;1-3-2;2*1-2/h2-3H,1H3;3H2,1-2H3;2*1-2H3. The van der Waals surface area contributed by atoms with E-state index in [1.807, 2.05) is 34.7 Å². The van der Waals surface area contributed by atoms with E-state index in [4.69, 9.17) is 0 Å². The molecule has 1 heterocycles. The fraction of sp³-hybridized carbons (Fsp3) is 0.800. The third-order valence-electron chi connectivity index (χ3n) is 0.542. The van der Waals surface area contributed by atoms with Crippen molar-refractivity contribution in [3.05, 3.63) is 12.4 Å². The fourth-order valence-electron chi connectivity index (χ4n) is 0.267. The molecule has 1 aromatic heterocycles. The van der Waals surface area contributed by atoms with Gasteiger partial charge in [0.15, 0.2) is 0 Å². The van der Waals surface area contributed by atoms with Crippen LogP contribution in [-0.2, 0) is 7.05 Å². The zero-order chi connectivity index (χ0) is 11.1. The molecule has 0 amide bonds. The van der Waals surface area contributed by atoms with Gasteiger partial charge >= 0.3 is 0 Å². The molecule has 3 nitrogen and oxygen atoms in total. The number of hydrogen-bond acceptors (Lipinski definition) is 2. The van der Waals surface area contributed by atoms with Crippen LogP contribution in [0.15, 0.2) is 12.4 Å². The minimum atomic E-state index is 1.25. The lowest BCUT2D eigenvalue weighted by atomic mass is 10.6. The van der Waals surface area contributed by atoms with E-state index in [1.54, 1.807) is 17.1 Å². The number of nitrogens with zero attached hydrogens (tertiary/aromatic N) is 3. The van der Waals surface area contributed by atoms with Gasteiger partial charge in [0.05, 0.1) is 6.20 Å². The first-order valence-electron chi connectivity index (χ1n) is 5.11. The first kappa shape index (κ1) is 18.0. The SMILES string of the molecule is CC.CC.CCC.Cn1ccnn1. The number of aryl methyl sites for hydroxylation is 1. The maximum Gasteiger partial charge on any atom is 0.0692 e. The van der Waals surface area contributed by atoms with Crippen molar-refractivity contribution in [2.75, 3.05) is 0 Å². The van der Waals surface area contributed by atoms with E-state index in [0.29, 0.717) is 0 Å². The Morgan fingerprint density at radius 2 is 1.46 bits per heavy atom. The Morgan fingerprint density at radius 3 is 1.54 bits per heavy atom. The Bertz CT molecular complexity index is 125. The van der Waals surface area contributed by atoms with Crippen LogP contribution in [0.2, 0.25) is 0 Å². The smallest absolute Gasteiger partial charge is 0.0692 e. The summed E-state index contributed by atoms with van der Waals surface area (Å²) in [6.07, 6.45) is 4.67. The lowest BCUT2D eigenvalue weighted by molar-refractivity contribution is 0.715. The second-order valence-electron chi connectivity index (χ2n) is 1.78. The fourth-order valence-corrected chi connectivity index (χ4v) is 0.267. The minimum Gasteiger partial charge on any atom is -0.256 e. The van der Waals surface area contributed by atoms with Crippen molar-refractivity contribution in [1.82, 2.24) is 15.0 Å². The highest BCUT2D eigenvalue weighted by atomic mass is 15.4. The molecule has 13 heavy (non-hydrogen) atoms. The van der Waals surface area contributed by atoms with Gasteiger partial charge in [-0.15, -0.1) is 5.10 Å². The van der Waals surface area contributed by atoms with Gasteiger partial charge in [0.2, 0.25) is 0 Å². The second kappa shape index (κ2) is 22.5. The third kappa shape index (κ3) is 24.7. The number of aromatic nitrogens is 3. The van der Waals surface area contributed by atoms with E-state index >= 15 is 0 Å². The third-order valence-corrected chi connectivity index (χ3v) is 0.542. The highest BCUT2D eigenvalue weighted by Gasteiger charge is 1.70. The largest absolute Gasteiger partial charge is 0.256 e. The van der Waals surface area contributed by atoms with E-state index in [2.05, 4.69) is 24.2 Å². The van der Waals surface area contributed by atoms with Crippen molar-refractivity contribution < 1.29 is 0 Å². The van der Waals surface area contributed by atoms with Crippen LogP contribution in [0.25, 0.3) is 0 Å². The summed E-state index contributed by atoms with van der Waals surface area (Å²) in [6.45, 7) is 12.2. The Kier molecular flexibility index (Phi) is 31.2. The zero-order valence-corrected chi connectivity index (χ0v) is 10.2. The van der Waals surface area contributed by atoms with Gasteiger partial charge in [-0.3, -0.25) is 4.68 Å². The molecule has 3 heteroatoms. The molecule has 0 aliphatic heterocycles. The van der Waals surface area contributed by atoms with Crippen molar-refractivity contribution >= 4 is 0 Å². The van der Waals surface area contributed by atoms with Crippen LogP contribution in [0, 0.1) is 0 Å². The van der Waals surface area contributed by atoms with Gasteiger partial charge in [0.1, 0.15) is 0 Å². The maximum atomic E-state index is 3.58. The molecule has 0 spiro atoms. The summed E-state index contributed by atoms with van der Waals surface area (Å²) in [5, 5.41) is 7.12. The molecule has 0 aliphatic rings. The van der Waals surface area contributed by atoms with Crippen LogP contribution < -0.4 is 0 Å². The Hall–Kier alpha value is -0.860. The number of hydrogen-bond donors (Lipinski definition) is 0. The van der Waals surface area contributed by atoms with Crippen molar-refractivity contribution in [3.8, 4) is 0 Å². The van der Waals surface area contributed by atoms with E-state index in [0.717, 1.165) is 0 Å². The molecule has 0 saturated carbocycles. The van der Waals surface area contributed by atoms with Gasteiger partial charge in [0, 0.05) is 13.2 Å². The Morgan fingerprint density at radius 1 is 1.08 bits per heavy atom. The van der Waals surface area contributed by atoms with E-state index in [-0.39, 0.29) is 0 Å². The first-order chi connectivity index (χ1) is 6.31. The van der Waals surface area contributed by atoms with Crippen LogP contribution in [0.5, 0.6) is 0 Å². The van der Waals surface area contributed by atoms with E-state index in [1.165, 1.54) is 6.42 Å². The second-order valence-corrected chi connectivity index (χ2v) is 1.78. The summed E-state index contributed by atoms with van der Waals surface area (Å²) in [6, 6.07) is 0. The summed E-state index contributed by atoms with van der Waals surface area (Å²) in [5.41, 5.74) is 0. The van der Waals surface area contributed by atoms with Crippen LogP contribution in [-0.4, -0.2) is 15.0 Å². The van der Waals surface area contributed by atoms with E-state index in [9.17, 15) is 0 Å². The van der Waals surface area contributed by atoms with Gasteiger partial charge in [-0.1, -0.05) is 53.2 Å². The topological polar surface area (TPSA) is 30.7 Å². The molecule has 0 fully saturated rings. The van der Waals surface area contributed by atoms with Crippen molar-refractivity contribution in [2.24, 2.45) is 7.05 Å². The van der Waals surface area contributed by atoms with Crippen LogP contribution in [0.4, 0.5) is 0 Å². The molecular weight excluding hydrogens is 162 g/mol. The quantitative estimate of drug-likeness (QED) is 0.624. The Labute approximate surface area is 83.2 Å². The van der Waals surface area contributed by atoms with Gasteiger partial charge in [0.25, 0.3) is 0 Å². The maximum absolute atomic E-state index is 3.58. The minimum absolute atomic E-state index is 1.25. The molecule has 80 valence electrons. The van der Waals surface area contributed by atoms with Crippen molar-refractivity contribution in [3.63, 3.8) is 0 Å². The highest BCUT2D eigenvalue weighted by molar-refractivity contribution is 4.59. The summed E-state index contributed by atoms with van der Waals surface area (Å²) in [7, 11) is 1.83. The molecule has 1 aromatic rings. The molecule has 1 rings (SSSR count). The Balaban J connectivity index is -0.000000124. The monoisotopic (exact) mass is 187 g/mol. The predicted octanol–water partition coefficient (Wildman–Crippen LogP) is 3.28. The van der Waals surface area contributed by atoms with Crippen molar-refractivity contribution in [2.45, 2.75) is 48.0 Å². The molecule has 0 atom stereocenters. The summed E-state index contributed by atoms with van der Waals surface area (Å²) < 4.78 is 1.64. The zero-order valence-electron chi connectivity index (χ0n) is 10.2. The normalized spacial score (nSPS) is 6.38.